The molecule has 0 unspecified atom stereocenters. The third-order valence-corrected chi connectivity index (χ3v) is 3.19. The highest BCUT2D eigenvalue weighted by atomic mass is 19.4. The molecular formula is C15H9F3N2O2. The lowest BCUT2D eigenvalue weighted by Gasteiger charge is -2.03. The number of imidazole rings is 1. The Bertz CT molecular complexity index is 869. The van der Waals surface area contributed by atoms with Crippen LogP contribution in [0.1, 0.15) is 16.1 Å². The van der Waals surface area contributed by atoms with Gasteiger partial charge in [0.25, 0.3) is 0 Å². The maximum atomic E-state index is 12.7. The van der Waals surface area contributed by atoms with Gasteiger partial charge in [-0.2, -0.15) is 13.2 Å². The summed E-state index contributed by atoms with van der Waals surface area (Å²) in [4.78, 5) is 14.5. The summed E-state index contributed by atoms with van der Waals surface area (Å²) in [6, 6.07) is 9.26. The molecule has 1 aromatic carbocycles. The zero-order chi connectivity index (χ0) is 15.9. The number of halogens is 3. The van der Waals surface area contributed by atoms with Crippen LogP contribution in [0.5, 0.6) is 0 Å². The number of aromatic nitrogens is 2. The lowest BCUT2D eigenvalue weighted by molar-refractivity contribution is -0.140. The molecule has 0 spiro atoms. The molecule has 0 atom stereocenters. The van der Waals surface area contributed by atoms with Crippen molar-refractivity contribution in [2.24, 2.45) is 0 Å². The van der Waals surface area contributed by atoms with Crippen molar-refractivity contribution in [1.29, 1.82) is 0 Å². The molecular weight excluding hydrogens is 297 g/mol. The summed E-state index contributed by atoms with van der Waals surface area (Å²) >= 11 is 0. The van der Waals surface area contributed by atoms with Crippen LogP contribution in [-0.4, -0.2) is 20.5 Å². The number of hydrogen-bond donors (Lipinski definition) is 1. The van der Waals surface area contributed by atoms with Crippen LogP contribution < -0.4 is 0 Å². The fourth-order valence-electron chi connectivity index (χ4n) is 2.13. The van der Waals surface area contributed by atoms with Crippen LogP contribution in [0.2, 0.25) is 0 Å². The van der Waals surface area contributed by atoms with Crippen molar-refractivity contribution in [3.05, 3.63) is 60.0 Å². The molecule has 7 heteroatoms. The number of fused-ring (bicyclic) bond motifs is 1. The predicted octanol–water partition coefficient (Wildman–Crippen LogP) is 3.72. The molecule has 0 saturated heterocycles. The Hall–Kier alpha value is -2.83. The standard InChI is InChI=1S/C15H9F3N2O2/c16-15(17,18)12-8-20-5-4-10(7-13(20)19-12)9-2-1-3-11(6-9)14(21)22/h1-8H,(H,21,22). The number of alkyl halides is 3. The molecule has 112 valence electrons. The van der Waals surface area contributed by atoms with Crippen LogP contribution in [0, 0.1) is 0 Å². The summed E-state index contributed by atoms with van der Waals surface area (Å²) < 4.78 is 39.2. The molecule has 2 heterocycles. The zero-order valence-corrected chi connectivity index (χ0v) is 11.0. The molecule has 3 rings (SSSR count). The summed E-state index contributed by atoms with van der Waals surface area (Å²) in [6.07, 6.45) is -2.14. The summed E-state index contributed by atoms with van der Waals surface area (Å²) in [5.41, 5.74) is 0.472. The van der Waals surface area contributed by atoms with Gasteiger partial charge in [-0.3, -0.25) is 0 Å². The molecule has 3 aromatic rings. The summed E-state index contributed by atoms with van der Waals surface area (Å²) in [6.45, 7) is 0. The van der Waals surface area contributed by atoms with Gasteiger partial charge in [-0.25, -0.2) is 9.78 Å². The van der Waals surface area contributed by atoms with E-state index in [-0.39, 0.29) is 11.2 Å². The molecule has 2 aromatic heterocycles. The lowest BCUT2D eigenvalue weighted by atomic mass is 10.0. The van der Waals surface area contributed by atoms with E-state index in [1.165, 1.54) is 28.8 Å². The molecule has 0 amide bonds. The minimum absolute atomic E-state index is 0.108. The number of carboxylic acids is 1. The van der Waals surface area contributed by atoms with E-state index in [0.717, 1.165) is 6.20 Å². The molecule has 0 bridgehead atoms. The molecule has 0 saturated carbocycles. The monoisotopic (exact) mass is 306 g/mol. The largest absolute Gasteiger partial charge is 0.478 e. The number of pyridine rings is 1. The second-order valence-corrected chi connectivity index (χ2v) is 4.69. The number of aromatic carboxylic acids is 1. The van der Waals surface area contributed by atoms with Crippen LogP contribution in [0.25, 0.3) is 16.8 Å². The fourth-order valence-corrected chi connectivity index (χ4v) is 2.13. The maximum absolute atomic E-state index is 12.7. The summed E-state index contributed by atoms with van der Waals surface area (Å²) in [5, 5.41) is 8.98. The molecule has 0 aliphatic carbocycles. The van der Waals surface area contributed by atoms with E-state index in [2.05, 4.69) is 4.98 Å². The predicted molar refractivity (Wildman–Crippen MR) is 72.6 cm³/mol. The molecule has 0 aliphatic rings. The number of carboxylic acid groups (broad SMARTS) is 1. The smallest absolute Gasteiger partial charge is 0.434 e. The van der Waals surface area contributed by atoms with Crippen LogP contribution in [-0.2, 0) is 6.18 Å². The van der Waals surface area contributed by atoms with E-state index in [0.29, 0.717) is 11.1 Å². The van der Waals surface area contributed by atoms with Crippen LogP contribution in [0.4, 0.5) is 13.2 Å². The molecule has 4 nitrogen and oxygen atoms in total. The van der Waals surface area contributed by atoms with Gasteiger partial charge >= 0.3 is 12.1 Å². The third kappa shape index (κ3) is 2.52. The SMILES string of the molecule is O=C(O)c1cccc(-c2ccn3cc(C(F)(F)F)nc3c2)c1. The van der Waals surface area contributed by atoms with Crippen molar-refractivity contribution in [2.75, 3.05) is 0 Å². The Morgan fingerprint density at radius 1 is 1.14 bits per heavy atom. The Labute approximate surface area is 122 Å². The van der Waals surface area contributed by atoms with Gasteiger partial charge in [-0.05, 0) is 35.4 Å². The Balaban J connectivity index is 2.09. The van der Waals surface area contributed by atoms with Crippen LogP contribution >= 0.6 is 0 Å². The topological polar surface area (TPSA) is 54.6 Å². The minimum atomic E-state index is -4.50. The van der Waals surface area contributed by atoms with Gasteiger partial charge in [0, 0.05) is 12.4 Å². The number of rotatable bonds is 2. The maximum Gasteiger partial charge on any atom is 0.434 e. The van der Waals surface area contributed by atoms with E-state index >= 15 is 0 Å². The van der Waals surface area contributed by atoms with E-state index in [1.807, 2.05) is 0 Å². The average Bonchev–Trinajstić information content (AvgIpc) is 2.90. The van der Waals surface area contributed by atoms with Gasteiger partial charge in [-0.1, -0.05) is 12.1 Å². The lowest BCUT2D eigenvalue weighted by Crippen LogP contribution is -2.04. The first-order valence-electron chi connectivity index (χ1n) is 6.24. The first-order chi connectivity index (χ1) is 10.3. The van der Waals surface area contributed by atoms with E-state index in [9.17, 15) is 18.0 Å². The van der Waals surface area contributed by atoms with Crippen molar-refractivity contribution in [3.63, 3.8) is 0 Å². The van der Waals surface area contributed by atoms with Gasteiger partial charge in [0.2, 0.25) is 0 Å². The molecule has 0 fully saturated rings. The molecule has 0 aliphatic heterocycles. The number of carbonyl (C=O) groups is 1. The quantitative estimate of drug-likeness (QED) is 0.785. The first-order valence-corrected chi connectivity index (χ1v) is 6.24. The Morgan fingerprint density at radius 2 is 1.86 bits per heavy atom. The minimum Gasteiger partial charge on any atom is -0.478 e. The fraction of sp³-hybridized carbons (Fsp3) is 0.0667. The van der Waals surface area contributed by atoms with Gasteiger partial charge in [0.15, 0.2) is 5.69 Å². The highest BCUT2D eigenvalue weighted by molar-refractivity contribution is 5.89. The average molecular weight is 306 g/mol. The van der Waals surface area contributed by atoms with Gasteiger partial charge in [0.1, 0.15) is 5.65 Å². The molecule has 0 radical (unpaired) electrons. The number of benzene rings is 1. The van der Waals surface area contributed by atoms with Crippen molar-refractivity contribution in [1.82, 2.24) is 9.38 Å². The van der Waals surface area contributed by atoms with Crippen molar-refractivity contribution >= 4 is 11.6 Å². The second-order valence-electron chi connectivity index (χ2n) is 4.69. The van der Waals surface area contributed by atoms with Gasteiger partial charge in [-0.15, -0.1) is 0 Å². The van der Waals surface area contributed by atoms with E-state index < -0.39 is 17.8 Å². The molecule has 22 heavy (non-hydrogen) atoms. The second kappa shape index (κ2) is 4.87. The van der Waals surface area contributed by atoms with E-state index in [4.69, 9.17) is 5.11 Å². The Morgan fingerprint density at radius 3 is 2.55 bits per heavy atom. The summed E-state index contributed by atoms with van der Waals surface area (Å²) in [5.74, 6) is -1.07. The van der Waals surface area contributed by atoms with Crippen LogP contribution in [0.3, 0.4) is 0 Å². The number of hydrogen-bond acceptors (Lipinski definition) is 2. The normalized spacial score (nSPS) is 11.8. The zero-order valence-electron chi connectivity index (χ0n) is 11.0. The molecule has 1 N–H and O–H groups in total. The van der Waals surface area contributed by atoms with Gasteiger partial charge < -0.3 is 9.51 Å². The number of nitrogens with zero attached hydrogens (tertiary/aromatic N) is 2. The van der Waals surface area contributed by atoms with Crippen molar-refractivity contribution in [3.8, 4) is 11.1 Å². The first kappa shape index (κ1) is 14.1. The summed E-state index contributed by atoms with van der Waals surface area (Å²) in [7, 11) is 0. The van der Waals surface area contributed by atoms with Gasteiger partial charge in [0.05, 0.1) is 5.56 Å². The van der Waals surface area contributed by atoms with Crippen molar-refractivity contribution < 1.29 is 23.1 Å². The highest BCUT2D eigenvalue weighted by Gasteiger charge is 2.33. The van der Waals surface area contributed by atoms with Crippen molar-refractivity contribution in [2.45, 2.75) is 6.18 Å². The van der Waals surface area contributed by atoms with E-state index in [1.54, 1.807) is 18.2 Å². The highest BCUT2D eigenvalue weighted by Crippen LogP contribution is 2.29. The third-order valence-electron chi connectivity index (χ3n) is 3.19. The van der Waals surface area contributed by atoms with Crippen LogP contribution in [0.15, 0.2) is 48.8 Å². The Kier molecular flexibility index (Phi) is 3.13.